The minimum atomic E-state index is -0.917. The number of hydrogen-bond acceptors (Lipinski definition) is 8. The Balaban J connectivity index is 0.00000122. The molecule has 276 valence electrons. The molecule has 2 radical (unpaired) electrons. The van der Waals surface area contributed by atoms with E-state index in [-0.39, 0.29) is 0 Å². The zero-order chi connectivity index (χ0) is 39.2. The number of aromatic nitrogens is 8. The lowest BCUT2D eigenvalue weighted by Gasteiger charge is -2.03. The van der Waals surface area contributed by atoms with Gasteiger partial charge in [-0.15, -0.1) is 0 Å². The van der Waals surface area contributed by atoms with E-state index in [1.165, 1.54) is 0 Å². The molecule has 0 saturated heterocycles. The van der Waals surface area contributed by atoms with Crippen molar-refractivity contribution in [3.05, 3.63) is 146 Å². The first-order valence-corrected chi connectivity index (χ1v) is 20.0. The summed E-state index contributed by atoms with van der Waals surface area (Å²) in [6, 6.07) is 50.9. The van der Waals surface area contributed by atoms with E-state index in [4.69, 9.17) is 39.5 Å². The van der Waals surface area contributed by atoms with Crippen LogP contribution >= 0.6 is 0 Å². The SMILES string of the molecule is O[Si]O.c1ccc2cc3c(cc2c1)-c1nc-3nc2[nH]c(nc3nc(nc4[nH]c(n1)c1cc5ccccc5cc41)-c1cc4ccccc4cc1-3)c1cc3ccccc3cc21. The van der Waals surface area contributed by atoms with Crippen LogP contribution in [0.4, 0.5) is 0 Å². The van der Waals surface area contributed by atoms with Crippen molar-refractivity contribution in [2.45, 2.75) is 0 Å². The van der Waals surface area contributed by atoms with E-state index < -0.39 is 10.0 Å². The fourth-order valence-corrected chi connectivity index (χ4v) is 8.54. The van der Waals surface area contributed by atoms with Gasteiger partial charge in [0, 0.05) is 43.8 Å². The van der Waals surface area contributed by atoms with Crippen LogP contribution in [-0.4, -0.2) is 59.5 Å². The maximum Gasteiger partial charge on any atom is 0.427 e. The van der Waals surface area contributed by atoms with Crippen molar-refractivity contribution >= 4 is 97.2 Å². The number of rotatable bonds is 0. The average Bonchev–Trinajstić information content (AvgIpc) is 3.98. The molecule has 4 N–H and O–H groups in total. The first-order chi connectivity index (χ1) is 29.1. The van der Waals surface area contributed by atoms with Crippen LogP contribution < -0.4 is 0 Å². The summed E-state index contributed by atoms with van der Waals surface area (Å²) in [5, 5.41) is 12.6. The molecule has 0 atom stereocenters. The van der Waals surface area contributed by atoms with Crippen molar-refractivity contribution in [3.8, 4) is 45.6 Å². The lowest BCUT2D eigenvalue weighted by Crippen LogP contribution is -1.84. The van der Waals surface area contributed by atoms with Gasteiger partial charge in [-0.3, -0.25) is 0 Å². The third kappa shape index (κ3) is 5.33. The molecule has 0 aliphatic carbocycles. The molecule has 10 nitrogen and oxygen atoms in total. The van der Waals surface area contributed by atoms with Crippen LogP contribution in [0.2, 0.25) is 0 Å². The summed E-state index contributed by atoms with van der Waals surface area (Å²) in [6.07, 6.45) is 0. The maximum absolute atomic E-state index is 7.15. The molecule has 0 fully saturated rings. The van der Waals surface area contributed by atoms with Gasteiger partial charge in [-0.25, -0.2) is 29.9 Å². The van der Waals surface area contributed by atoms with Crippen molar-refractivity contribution < 1.29 is 9.59 Å². The summed E-state index contributed by atoms with van der Waals surface area (Å²) < 4.78 is 0. The molecule has 0 unspecified atom stereocenters. The van der Waals surface area contributed by atoms with Crippen LogP contribution in [0, 0.1) is 0 Å². The molecule has 2 aliphatic heterocycles. The van der Waals surface area contributed by atoms with E-state index in [1.807, 2.05) is 0 Å². The van der Waals surface area contributed by atoms with Crippen molar-refractivity contribution in [2.24, 2.45) is 0 Å². The van der Waals surface area contributed by atoms with E-state index in [9.17, 15) is 0 Å². The zero-order valence-corrected chi connectivity index (χ0v) is 31.9. The highest BCUT2D eigenvalue weighted by molar-refractivity contribution is 6.14. The Labute approximate surface area is 336 Å². The summed E-state index contributed by atoms with van der Waals surface area (Å²) >= 11 is 0. The Morgan fingerprint density at radius 3 is 0.729 bits per heavy atom. The minimum Gasteiger partial charge on any atom is -0.409 e. The Morgan fingerprint density at radius 2 is 0.508 bits per heavy atom. The van der Waals surface area contributed by atoms with Crippen molar-refractivity contribution in [3.63, 3.8) is 0 Å². The molecule has 3 aromatic heterocycles. The molecule has 5 heterocycles. The van der Waals surface area contributed by atoms with E-state index in [2.05, 4.69) is 156 Å². The number of nitrogens with one attached hydrogen (secondary N) is 2. The predicted octanol–water partition coefficient (Wildman–Crippen LogP) is 9.99. The monoisotopic (exact) mass is 776 g/mol. The number of aromatic amines is 2. The molecule has 0 amide bonds. The number of H-pyrrole nitrogens is 2. The number of fused-ring (bicyclic) bond motifs is 24. The number of hydrogen-bond donors (Lipinski definition) is 4. The first kappa shape index (κ1) is 33.4. The molecule has 59 heavy (non-hydrogen) atoms. The average molecular weight is 777 g/mol. The second-order valence-corrected chi connectivity index (χ2v) is 14.9. The lowest BCUT2D eigenvalue weighted by atomic mass is 10.0. The molecule has 8 aromatic carbocycles. The lowest BCUT2D eigenvalue weighted by molar-refractivity contribution is 0.448. The zero-order valence-electron chi connectivity index (χ0n) is 30.9. The van der Waals surface area contributed by atoms with Gasteiger partial charge >= 0.3 is 10.0 Å². The molecule has 13 rings (SSSR count). The van der Waals surface area contributed by atoms with E-state index in [0.29, 0.717) is 45.9 Å². The van der Waals surface area contributed by atoms with Gasteiger partial charge in [0.25, 0.3) is 0 Å². The predicted molar refractivity (Wildman–Crippen MR) is 236 cm³/mol. The van der Waals surface area contributed by atoms with Crippen LogP contribution in [0.3, 0.4) is 0 Å². The van der Waals surface area contributed by atoms with Gasteiger partial charge in [0.05, 0.1) is 0 Å². The van der Waals surface area contributed by atoms with E-state index in [0.717, 1.165) is 86.9 Å². The summed E-state index contributed by atoms with van der Waals surface area (Å²) in [5.74, 6) is 2.32. The highest BCUT2D eigenvalue weighted by Crippen LogP contribution is 2.40. The summed E-state index contributed by atoms with van der Waals surface area (Å²) in [4.78, 5) is 53.1. The second-order valence-electron chi connectivity index (χ2n) is 14.7. The van der Waals surface area contributed by atoms with Gasteiger partial charge in [0.1, 0.15) is 22.6 Å². The molecule has 11 heteroatoms. The molecule has 8 bridgehead atoms. The largest absolute Gasteiger partial charge is 0.427 e. The molecular weight excluding hydrogens is 749 g/mol. The standard InChI is InChI=1S/C48H26N8.H2O2Si/c1-2-10-26-18-34-33(17-25(26)9-1)41-49-42(34)54-44-37-21-29-13-5-6-14-30(29)22-38(37)46(51-44)56-48-40-24-32-16-8-7-15-31(32)23-39(40)47(52-48)55-45-36-20-28-12-4-3-11-27(28)19-35(36)43(50-45)53-41;1-3-2/h1-24H,(H2,49,50,51,52,53,54,55,56);1-2H. The molecule has 11 aromatic rings. The quantitative estimate of drug-likeness (QED) is 0.111. The Morgan fingerprint density at radius 1 is 0.305 bits per heavy atom. The topological polar surface area (TPSA) is 149 Å². The van der Waals surface area contributed by atoms with Crippen LogP contribution in [0.5, 0.6) is 0 Å². The van der Waals surface area contributed by atoms with Gasteiger partial charge in [0.2, 0.25) is 0 Å². The molecule has 0 saturated carbocycles. The maximum atomic E-state index is 7.15. The van der Waals surface area contributed by atoms with Gasteiger partial charge in [-0.1, -0.05) is 97.1 Å². The summed E-state index contributed by atoms with van der Waals surface area (Å²) in [7, 11) is -0.917. The van der Waals surface area contributed by atoms with Gasteiger partial charge < -0.3 is 19.6 Å². The Bertz CT molecular complexity index is 3290. The third-order valence-corrected chi connectivity index (χ3v) is 11.3. The smallest absolute Gasteiger partial charge is 0.409 e. The fourth-order valence-electron chi connectivity index (χ4n) is 8.54. The normalized spacial score (nSPS) is 12.0. The second kappa shape index (κ2) is 12.9. The van der Waals surface area contributed by atoms with Crippen molar-refractivity contribution in [1.29, 1.82) is 0 Å². The van der Waals surface area contributed by atoms with Gasteiger partial charge in [0.15, 0.2) is 23.3 Å². The first-order valence-electron chi connectivity index (χ1n) is 19.1. The van der Waals surface area contributed by atoms with Crippen LogP contribution in [0.15, 0.2) is 146 Å². The molecular formula is C48H28N8O2Si. The summed E-state index contributed by atoms with van der Waals surface area (Å²) in [5.41, 5.74) is 6.34. The Hall–Kier alpha value is -7.70. The van der Waals surface area contributed by atoms with Crippen molar-refractivity contribution in [1.82, 2.24) is 39.9 Å². The number of benzene rings is 8. The molecule has 2 aliphatic rings. The number of nitrogens with zero attached hydrogens (tertiary/aromatic N) is 6. The Kier molecular flexibility index (Phi) is 7.32. The van der Waals surface area contributed by atoms with Crippen LogP contribution in [0.1, 0.15) is 0 Å². The third-order valence-electron chi connectivity index (χ3n) is 11.3. The summed E-state index contributed by atoms with van der Waals surface area (Å²) in [6.45, 7) is 0. The van der Waals surface area contributed by atoms with Crippen LogP contribution in [0.25, 0.3) is 133 Å². The van der Waals surface area contributed by atoms with E-state index in [1.54, 1.807) is 0 Å². The van der Waals surface area contributed by atoms with E-state index >= 15 is 0 Å². The van der Waals surface area contributed by atoms with Gasteiger partial charge in [-0.05, 0) is 91.6 Å². The van der Waals surface area contributed by atoms with Crippen molar-refractivity contribution in [2.75, 3.05) is 0 Å². The minimum absolute atomic E-state index is 0.580. The van der Waals surface area contributed by atoms with Gasteiger partial charge in [-0.2, -0.15) is 0 Å². The fraction of sp³-hybridized carbons (Fsp3) is 0. The van der Waals surface area contributed by atoms with Crippen LogP contribution in [-0.2, 0) is 0 Å². The highest BCUT2D eigenvalue weighted by atomic mass is 28.2. The highest BCUT2D eigenvalue weighted by Gasteiger charge is 2.24. The molecule has 0 spiro atoms.